The molecule has 0 aromatic heterocycles. The van der Waals surface area contributed by atoms with Gasteiger partial charge < -0.3 is 25.8 Å². The average molecular weight is 358 g/mol. The predicted molar refractivity (Wildman–Crippen MR) is 93.1 cm³/mol. The summed E-state index contributed by atoms with van der Waals surface area (Å²) in [7, 11) is 1.51. The minimum atomic E-state index is -0.651. The lowest BCUT2D eigenvalue weighted by atomic mass is 9.95. The number of benzene rings is 1. The SMILES string of the molecule is COCC(N)C(=O)N1CCC(C(=O)Nc2ccc(O)cc2)CC1.Cl. The van der Waals surface area contributed by atoms with Gasteiger partial charge >= 0.3 is 0 Å². The quantitative estimate of drug-likeness (QED) is 0.681. The second-order valence-electron chi connectivity index (χ2n) is 5.70. The highest BCUT2D eigenvalue weighted by Crippen LogP contribution is 2.21. The Morgan fingerprint density at radius 2 is 1.92 bits per heavy atom. The monoisotopic (exact) mass is 357 g/mol. The van der Waals surface area contributed by atoms with Crippen molar-refractivity contribution in [3.63, 3.8) is 0 Å². The van der Waals surface area contributed by atoms with Gasteiger partial charge in [0.15, 0.2) is 0 Å². The number of carbonyl (C=O) groups excluding carboxylic acids is 2. The number of nitrogens with one attached hydrogen (secondary N) is 1. The van der Waals surface area contributed by atoms with Crippen LogP contribution in [0.3, 0.4) is 0 Å². The van der Waals surface area contributed by atoms with Crippen LogP contribution in [0.25, 0.3) is 0 Å². The molecule has 7 nitrogen and oxygen atoms in total. The maximum atomic E-state index is 12.2. The first-order valence-electron chi connectivity index (χ1n) is 7.64. The van der Waals surface area contributed by atoms with Gasteiger partial charge in [0.1, 0.15) is 11.8 Å². The third-order valence-electron chi connectivity index (χ3n) is 3.98. The highest BCUT2D eigenvalue weighted by Gasteiger charge is 2.29. The fourth-order valence-electron chi connectivity index (χ4n) is 2.64. The summed E-state index contributed by atoms with van der Waals surface area (Å²) in [5, 5.41) is 12.1. The zero-order chi connectivity index (χ0) is 16.8. The number of nitrogens with zero attached hydrogens (tertiary/aromatic N) is 1. The van der Waals surface area contributed by atoms with Gasteiger partial charge in [-0.25, -0.2) is 0 Å². The Morgan fingerprint density at radius 3 is 2.46 bits per heavy atom. The van der Waals surface area contributed by atoms with Gasteiger partial charge in [0.2, 0.25) is 11.8 Å². The first-order valence-corrected chi connectivity index (χ1v) is 7.64. The number of rotatable bonds is 5. The van der Waals surface area contributed by atoms with Gasteiger partial charge in [-0.15, -0.1) is 12.4 Å². The molecule has 1 aromatic rings. The lowest BCUT2D eigenvalue weighted by molar-refractivity contribution is -0.136. The smallest absolute Gasteiger partial charge is 0.241 e. The molecule has 0 aliphatic carbocycles. The number of ether oxygens (including phenoxy) is 1. The van der Waals surface area contributed by atoms with Crippen LogP contribution >= 0.6 is 12.4 Å². The van der Waals surface area contributed by atoms with Gasteiger partial charge in [-0.3, -0.25) is 9.59 Å². The van der Waals surface area contributed by atoms with Crippen LogP contribution in [0.1, 0.15) is 12.8 Å². The highest BCUT2D eigenvalue weighted by atomic mass is 35.5. The lowest BCUT2D eigenvalue weighted by Crippen LogP contribution is -2.49. The molecule has 1 aliphatic rings. The number of phenols is 1. The molecule has 0 radical (unpaired) electrons. The largest absolute Gasteiger partial charge is 0.508 e. The van der Waals surface area contributed by atoms with Crippen molar-refractivity contribution in [1.29, 1.82) is 0 Å². The summed E-state index contributed by atoms with van der Waals surface area (Å²) in [5.41, 5.74) is 6.40. The number of hydrogen-bond acceptors (Lipinski definition) is 5. The Kier molecular flexibility index (Phi) is 7.97. The van der Waals surface area contributed by atoms with Crippen molar-refractivity contribution in [3.8, 4) is 5.75 Å². The van der Waals surface area contributed by atoms with Gasteiger partial charge in [-0.1, -0.05) is 0 Å². The molecule has 1 unspecified atom stereocenters. The number of hydrogen-bond donors (Lipinski definition) is 3. The number of halogens is 1. The lowest BCUT2D eigenvalue weighted by Gasteiger charge is -2.32. The second-order valence-corrected chi connectivity index (χ2v) is 5.70. The van der Waals surface area contributed by atoms with Gasteiger partial charge in [-0.2, -0.15) is 0 Å². The Labute approximate surface area is 147 Å². The molecule has 4 N–H and O–H groups in total. The van der Waals surface area contributed by atoms with E-state index < -0.39 is 6.04 Å². The molecule has 2 amide bonds. The van der Waals surface area contributed by atoms with Crippen molar-refractivity contribution < 1.29 is 19.4 Å². The van der Waals surface area contributed by atoms with E-state index in [2.05, 4.69) is 5.32 Å². The number of nitrogens with two attached hydrogens (primary N) is 1. The molecular weight excluding hydrogens is 334 g/mol. The van der Waals surface area contributed by atoms with Crippen molar-refractivity contribution in [2.75, 3.05) is 32.1 Å². The number of amides is 2. The minimum absolute atomic E-state index is 0. The molecule has 2 rings (SSSR count). The summed E-state index contributed by atoms with van der Waals surface area (Å²) in [4.78, 5) is 26.0. The molecule has 0 bridgehead atoms. The molecule has 1 fully saturated rings. The van der Waals surface area contributed by atoms with Crippen molar-refractivity contribution in [2.24, 2.45) is 11.7 Å². The van der Waals surface area contributed by atoms with E-state index in [1.165, 1.54) is 19.2 Å². The summed E-state index contributed by atoms with van der Waals surface area (Å²) < 4.78 is 4.90. The van der Waals surface area contributed by atoms with Crippen molar-refractivity contribution >= 4 is 29.9 Å². The number of phenolic OH excluding ortho intramolecular Hbond substituents is 1. The molecule has 0 spiro atoms. The predicted octanol–water partition coefficient (Wildman–Crippen LogP) is 0.965. The number of piperidine rings is 1. The van der Waals surface area contributed by atoms with Gasteiger partial charge in [-0.05, 0) is 37.1 Å². The fraction of sp³-hybridized carbons (Fsp3) is 0.500. The van der Waals surface area contributed by atoms with Crippen LogP contribution in [-0.2, 0) is 14.3 Å². The summed E-state index contributed by atoms with van der Waals surface area (Å²) >= 11 is 0. The van der Waals surface area contributed by atoms with Crippen molar-refractivity contribution in [1.82, 2.24) is 4.90 Å². The third kappa shape index (κ3) is 5.36. The van der Waals surface area contributed by atoms with Crippen LogP contribution in [-0.4, -0.2) is 54.7 Å². The standard InChI is InChI=1S/C16H23N3O4.ClH/c1-23-10-14(17)16(22)19-8-6-11(7-9-19)15(21)18-12-2-4-13(20)5-3-12;/h2-5,11,14,20H,6-10,17H2,1H3,(H,18,21);1H. The summed E-state index contributed by atoms with van der Waals surface area (Å²) in [6.45, 7) is 1.23. The number of anilines is 1. The Balaban J connectivity index is 0.00000288. The number of carbonyl (C=O) groups is 2. The third-order valence-corrected chi connectivity index (χ3v) is 3.98. The maximum Gasteiger partial charge on any atom is 0.241 e. The zero-order valence-corrected chi connectivity index (χ0v) is 14.4. The van der Waals surface area contributed by atoms with Crippen LogP contribution in [0.5, 0.6) is 5.75 Å². The molecule has 1 saturated heterocycles. The first kappa shape index (κ1) is 20.2. The Morgan fingerprint density at radius 1 is 1.33 bits per heavy atom. The zero-order valence-electron chi connectivity index (χ0n) is 13.6. The van der Waals surface area contributed by atoms with Crippen LogP contribution in [0.2, 0.25) is 0 Å². The van der Waals surface area contributed by atoms with Crippen LogP contribution < -0.4 is 11.1 Å². The topological polar surface area (TPSA) is 105 Å². The molecule has 8 heteroatoms. The summed E-state index contributed by atoms with van der Waals surface area (Å²) in [5.74, 6) is -0.179. The van der Waals surface area contributed by atoms with Crippen molar-refractivity contribution in [3.05, 3.63) is 24.3 Å². The number of aromatic hydroxyl groups is 1. The van der Waals surface area contributed by atoms with Crippen molar-refractivity contribution in [2.45, 2.75) is 18.9 Å². The minimum Gasteiger partial charge on any atom is -0.508 e. The number of methoxy groups -OCH3 is 1. The van der Waals surface area contributed by atoms with Gasteiger partial charge in [0, 0.05) is 31.8 Å². The van der Waals surface area contributed by atoms with E-state index in [4.69, 9.17) is 10.5 Å². The molecule has 1 atom stereocenters. The van der Waals surface area contributed by atoms with Gasteiger partial charge in [0.05, 0.1) is 6.61 Å². The Bertz CT molecular complexity index is 545. The first-order chi connectivity index (χ1) is 11.0. The normalized spacial score (nSPS) is 16.2. The van der Waals surface area contributed by atoms with Crippen LogP contribution in [0.4, 0.5) is 5.69 Å². The summed E-state index contributed by atoms with van der Waals surface area (Å²) in [6, 6.07) is 5.69. The van der Waals surface area contributed by atoms with E-state index in [0.717, 1.165) is 0 Å². The molecule has 24 heavy (non-hydrogen) atoms. The second kappa shape index (κ2) is 9.46. The fourth-order valence-corrected chi connectivity index (χ4v) is 2.64. The molecule has 134 valence electrons. The molecular formula is C16H24ClN3O4. The molecule has 1 heterocycles. The summed E-state index contributed by atoms with van der Waals surface area (Å²) in [6.07, 6.45) is 1.21. The van der Waals surface area contributed by atoms with Crippen LogP contribution in [0.15, 0.2) is 24.3 Å². The van der Waals surface area contributed by atoms with E-state index in [-0.39, 0.29) is 42.5 Å². The molecule has 1 aromatic carbocycles. The number of likely N-dealkylation sites (tertiary alicyclic amines) is 1. The van der Waals surface area contributed by atoms with E-state index in [1.807, 2.05) is 0 Å². The van der Waals surface area contributed by atoms with E-state index in [1.54, 1.807) is 17.0 Å². The maximum absolute atomic E-state index is 12.2. The Hall–Kier alpha value is -1.83. The molecule has 0 saturated carbocycles. The van der Waals surface area contributed by atoms with E-state index in [0.29, 0.717) is 31.6 Å². The van der Waals surface area contributed by atoms with E-state index in [9.17, 15) is 14.7 Å². The highest BCUT2D eigenvalue weighted by molar-refractivity contribution is 5.92. The van der Waals surface area contributed by atoms with Crippen LogP contribution in [0, 0.1) is 5.92 Å². The average Bonchev–Trinajstić information content (AvgIpc) is 2.56. The van der Waals surface area contributed by atoms with Gasteiger partial charge in [0.25, 0.3) is 0 Å². The molecule has 1 aliphatic heterocycles. The van der Waals surface area contributed by atoms with E-state index >= 15 is 0 Å².